The summed E-state index contributed by atoms with van der Waals surface area (Å²) in [4.78, 5) is 12.5. The topological polar surface area (TPSA) is 52.9 Å². The van der Waals surface area contributed by atoms with Crippen LogP contribution in [0.3, 0.4) is 0 Å². The fraction of sp³-hybridized carbons (Fsp3) is 0. The maximum atomic E-state index is 11.7. The standard InChI is InChI=1S/C14H10N2OS2/c15-10-19-13-4-2-12(3-5-13)16-14(17)6-1-11-7-8-18-9-11/h1-9H,(H,16,17)/b6-1+. The number of thiophene rings is 1. The second-order valence-corrected chi connectivity index (χ2v) is 5.24. The molecule has 1 aromatic heterocycles. The number of nitrogens with zero attached hydrogens (tertiary/aromatic N) is 1. The normalized spacial score (nSPS) is 10.3. The summed E-state index contributed by atoms with van der Waals surface area (Å²) in [5, 5.41) is 17.2. The van der Waals surface area contributed by atoms with E-state index in [4.69, 9.17) is 5.26 Å². The highest BCUT2D eigenvalue weighted by atomic mass is 32.2. The molecule has 94 valence electrons. The van der Waals surface area contributed by atoms with E-state index >= 15 is 0 Å². The van der Waals surface area contributed by atoms with E-state index in [0.29, 0.717) is 5.69 Å². The van der Waals surface area contributed by atoms with Gasteiger partial charge in [0.15, 0.2) is 0 Å². The van der Waals surface area contributed by atoms with Gasteiger partial charge in [0, 0.05) is 16.7 Å². The van der Waals surface area contributed by atoms with Crippen LogP contribution in [0.4, 0.5) is 5.69 Å². The first-order valence-corrected chi connectivity index (χ1v) is 7.21. The largest absolute Gasteiger partial charge is 0.323 e. The Morgan fingerprint density at radius 2 is 2.11 bits per heavy atom. The number of hydrogen-bond donors (Lipinski definition) is 1. The molecule has 1 heterocycles. The third kappa shape index (κ3) is 4.28. The minimum absolute atomic E-state index is 0.174. The van der Waals surface area contributed by atoms with Gasteiger partial charge in [-0.3, -0.25) is 4.79 Å². The van der Waals surface area contributed by atoms with E-state index in [2.05, 4.69) is 5.32 Å². The molecule has 1 aromatic carbocycles. The van der Waals surface area contributed by atoms with Gasteiger partial charge in [0.05, 0.1) is 0 Å². The number of thiocyanates is 1. The summed E-state index contributed by atoms with van der Waals surface area (Å²) >= 11 is 2.68. The Balaban J connectivity index is 1.93. The molecule has 0 unspecified atom stereocenters. The average molecular weight is 286 g/mol. The van der Waals surface area contributed by atoms with Crippen LogP contribution in [0.15, 0.2) is 52.1 Å². The molecule has 0 radical (unpaired) electrons. The van der Waals surface area contributed by atoms with Gasteiger partial charge in [0.25, 0.3) is 0 Å². The molecule has 0 aliphatic carbocycles. The molecule has 2 rings (SSSR count). The van der Waals surface area contributed by atoms with Crippen molar-refractivity contribution in [3.63, 3.8) is 0 Å². The van der Waals surface area contributed by atoms with Gasteiger partial charge in [-0.15, -0.1) is 0 Å². The first kappa shape index (κ1) is 13.4. The van der Waals surface area contributed by atoms with Crippen LogP contribution in [0, 0.1) is 10.7 Å². The van der Waals surface area contributed by atoms with Crippen LogP contribution in [0.1, 0.15) is 5.56 Å². The van der Waals surface area contributed by atoms with Crippen molar-refractivity contribution in [2.45, 2.75) is 4.90 Å². The number of amides is 1. The molecular formula is C14H10N2OS2. The van der Waals surface area contributed by atoms with Crippen molar-refractivity contribution in [3.8, 4) is 5.40 Å². The van der Waals surface area contributed by atoms with E-state index in [1.165, 1.54) is 6.08 Å². The highest BCUT2D eigenvalue weighted by Gasteiger charge is 1.98. The first-order chi connectivity index (χ1) is 9.28. The van der Waals surface area contributed by atoms with Crippen molar-refractivity contribution < 1.29 is 4.79 Å². The summed E-state index contributed by atoms with van der Waals surface area (Å²) in [5.74, 6) is -0.174. The Bertz CT molecular complexity index is 610. The van der Waals surface area contributed by atoms with Crippen LogP contribution in [0.25, 0.3) is 6.08 Å². The molecule has 0 saturated carbocycles. The number of benzene rings is 1. The predicted octanol–water partition coefficient (Wildman–Crippen LogP) is 3.97. The van der Waals surface area contributed by atoms with Gasteiger partial charge in [0.1, 0.15) is 5.40 Å². The van der Waals surface area contributed by atoms with Crippen molar-refractivity contribution in [1.29, 1.82) is 5.26 Å². The van der Waals surface area contributed by atoms with E-state index < -0.39 is 0 Å². The lowest BCUT2D eigenvalue weighted by Gasteiger charge is -2.02. The number of hydrogen-bond acceptors (Lipinski definition) is 4. The quantitative estimate of drug-likeness (QED) is 0.525. The number of nitriles is 1. The van der Waals surface area contributed by atoms with Crippen LogP contribution in [-0.2, 0) is 4.79 Å². The number of carbonyl (C=O) groups excluding carboxylic acids is 1. The zero-order valence-corrected chi connectivity index (χ0v) is 11.5. The molecule has 0 fully saturated rings. The fourth-order valence-corrected chi connectivity index (χ4v) is 2.39. The number of rotatable bonds is 4. The van der Waals surface area contributed by atoms with Gasteiger partial charge in [-0.1, -0.05) is 0 Å². The molecule has 0 spiro atoms. The number of nitrogens with one attached hydrogen (secondary N) is 1. The molecule has 1 amide bonds. The molecule has 0 aliphatic heterocycles. The lowest BCUT2D eigenvalue weighted by atomic mass is 10.3. The predicted molar refractivity (Wildman–Crippen MR) is 79.9 cm³/mol. The zero-order chi connectivity index (χ0) is 13.5. The Morgan fingerprint density at radius 3 is 2.74 bits per heavy atom. The number of carbonyl (C=O) groups is 1. The Labute approximate surface area is 119 Å². The Kier molecular flexibility index (Phi) is 4.78. The van der Waals surface area contributed by atoms with Crippen LogP contribution in [0.5, 0.6) is 0 Å². The van der Waals surface area contributed by atoms with Crippen LogP contribution < -0.4 is 5.32 Å². The minimum atomic E-state index is -0.174. The van der Waals surface area contributed by atoms with Gasteiger partial charge >= 0.3 is 0 Å². The molecule has 19 heavy (non-hydrogen) atoms. The molecule has 0 saturated heterocycles. The summed E-state index contributed by atoms with van der Waals surface area (Å²) in [5.41, 5.74) is 1.73. The molecule has 3 nitrogen and oxygen atoms in total. The Hall–Kier alpha value is -2.03. The third-order valence-corrected chi connectivity index (χ3v) is 3.56. The summed E-state index contributed by atoms with van der Waals surface area (Å²) in [7, 11) is 0. The molecular weight excluding hydrogens is 276 g/mol. The highest BCUT2D eigenvalue weighted by Crippen LogP contribution is 2.19. The third-order valence-electron chi connectivity index (χ3n) is 2.26. The molecule has 5 heteroatoms. The average Bonchev–Trinajstić information content (AvgIpc) is 2.92. The summed E-state index contributed by atoms with van der Waals surface area (Å²) in [6, 6.07) is 9.09. The molecule has 0 bridgehead atoms. The van der Waals surface area contributed by atoms with Crippen LogP contribution in [0.2, 0.25) is 0 Å². The van der Waals surface area contributed by atoms with Crippen molar-refractivity contribution in [2.24, 2.45) is 0 Å². The highest BCUT2D eigenvalue weighted by molar-refractivity contribution is 8.03. The van der Waals surface area contributed by atoms with Gasteiger partial charge < -0.3 is 5.32 Å². The zero-order valence-electron chi connectivity index (χ0n) is 9.87. The summed E-state index contributed by atoms with van der Waals surface area (Å²) < 4.78 is 0. The monoisotopic (exact) mass is 286 g/mol. The fourth-order valence-electron chi connectivity index (χ4n) is 1.38. The molecule has 2 aromatic rings. The summed E-state index contributed by atoms with van der Waals surface area (Å²) in [6.45, 7) is 0. The first-order valence-electron chi connectivity index (χ1n) is 5.45. The van der Waals surface area contributed by atoms with Crippen molar-refractivity contribution in [3.05, 3.63) is 52.7 Å². The maximum absolute atomic E-state index is 11.7. The smallest absolute Gasteiger partial charge is 0.248 e. The SMILES string of the molecule is N#CSc1ccc(NC(=O)/C=C/c2ccsc2)cc1. The molecule has 1 N–H and O–H groups in total. The van der Waals surface area contributed by atoms with Gasteiger partial charge in [-0.2, -0.15) is 16.6 Å². The van der Waals surface area contributed by atoms with Crippen LogP contribution in [-0.4, -0.2) is 5.91 Å². The van der Waals surface area contributed by atoms with Crippen LogP contribution >= 0.6 is 23.1 Å². The van der Waals surface area contributed by atoms with Gasteiger partial charge in [0.2, 0.25) is 5.91 Å². The lowest BCUT2D eigenvalue weighted by Crippen LogP contribution is -2.07. The van der Waals surface area contributed by atoms with Crippen molar-refractivity contribution in [2.75, 3.05) is 5.32 Å². The molecule has 0 aliphatic rings. The van der Waals surface area contributed by atoms with E-state index in [1.807, 2.05) is 22.2 Å². The second kappa shape index (κ2) is 6.78. The second-order valence-electron chi connectivity index (χ2n) is 3.60. The number of anilines is 1. The Morgan fingerprint density at radius 1 is 1.32 bits per heavy atom. The summed E-state index contributed by atoms with van der Waals surface area (Å²) in [6.07, 6.45) is 3.27. The molecule has 0 atom stereocenters. The van der Waals surface area contributed by atoms with Gasteiger partial charge in [-0.05, 0) is 64.5 Å². The van der Waals surface area contributed by atoms with E-state index in [9.17, 15) is 4.79 Å². The van der Waals surface area contributed by atoms with E-state index in [0.717, 1.165) is 22.2 Å². The van der Waals surface area contributed by atoms with Gasteiger partial charge in [-0.25, -0.2) is 0 Å². The lowest BCUT2D eigenvalue weighted by molar-refractivity contribution is -0.111. The van der Waals surface area contributed by atoms with E-state index in [1.54, 1.807) is 41.7 Å². The van der Waals surface area contributed by atoms with E-state index in [-0.39, 0.29) is 5.91 Å². The number of thioether (sulfide) groups is 1. The maximum Gasteiger partial charge on any atom is 0.248 e. The minimum Gasteiger partial charge on any atom is -0.323 e. The van der Waals surface area contributed by atoms with Crippen molar-refractivity contribution >= 4 is 40.8 Å². The van der Waals surface area contributed by atoms with Crippen molar-refractivity contribution in [1.82, 2.24) is 0 Å².